The molecule has 0 fully saturated rings. The van der Waals surface area contributed by atoms with Gasteiger partial charge in [-0.2, -0.15) is 0 Å². The Hall–Kier alpha value is -1.71. The van der Waals surface area contributed by atoms with Crippen LogP contribution in [0.4, 0.5) is 0 Å². The van der Waals surface area contributed by atoms with Crippen LogP contribution in [0.15, 0.2) is 36.4 Å². The molecule has 0 amide bonds. The predicted molar refractivity (Wildman–Crippen MR) is 79.2 cm³/mol. The van der Waals surface area contributed by atoms with Crippen LogP contribution in [0, 0.1) is 0 Å². The average molecular weight is 311 g/mol. The summed E-state index contributed by atoms with van der Waals surface area (Å²) in [7, 11) is 1.51. The molecule has 0 bridgehead atoms. The van der Waals surface area contributed by atoms with Gasteiger partial charge in [0, 0.05) is 6.07 Å². The molecule has 0 aliphatic heterocycles. The number of halogens is 2. The first-order chi connectivity index (χ1) is 9.63. The first-order valence-electron chi connectivity index (χ1n) is 5.84. The van der Waals surface area contributed by atoms with E-state index in [2.05, 4.69) is 0 Å². The van der Waals surface area contributed by atoms with Gasteiger partial charge in [-0.15, -0.1) is 0 Å². The molecule has 0 saturated heterocycles. The number of rotatable bonds is 5. The van der Waals surface area contributed by atoms with Gasteiger partial charge < -0.3 is 9.47 Å². The van der Waals surface area contributed by atoms with Crippen LogP contribution < -0.4 is 9.47 Å². The maximum Gasteiger partial charge on any atom is 0.153 e. The SMILES string of the molecule is COc1cc(OCc2ccc(Cl)c(Cl)c2)ccc1C=O. The Morgan fingerprint density at radius 2 is 1.90 bits per heavy atom. The van der Waals surface area contributed by atoms with Gasteiger partial charge in [0.05, 0.1) is 22.7 Å². The normalized spacial score (nSPS) is 10.2. The molecule has 0 aromatic heterocycles. The predicted octanol–water partition coefficient (Wildman–Crippen LogP) is 4.39. The van der Waals surface area contributed by atoms with Crippen molar-refractivity contribution < 1.29 is 14.3 Å². The van der Waals surface area contributed by atoms with Crippen LogP contribution in [0.3, 0.4) is 0 Å². The van der Waals surface area contributed by atoms with Gasteiger partial charge in [0.2, 0.25) is 0 Å². The number of ether oxygens (including phenoxy) is 2. The van der Waals surface area contributed by atoms with Crippen LogP contribution in [0.5, 0.6) is 11.5 Å². The summed E-state index contributed by atoms with van der Waals surface area (Å²) in [4.78, 5) is 10.8. The molecule has 2 aromatic carbocycles. The van der Waals surface area contributed by atoms with Crippen LogP contribution in [-0.2, 0) is 6.61 Å². The fourth-order valence-corrected chi connectivity index (χ4v) is 2.00. The summed E-state index contributed by atoms with van der Waals surface area (Å²) in [5, 5.41) is 0.995. The van der Waals surface area contributed by atoms with Gasteiger partial charge in [-0.25, -0.2) is 0 Å². The second-order valence-corrected chi connectivity index (χ2v) is 4.87. The Balaban J connectivity index is 2.10. The third kappa shape index (κ3) is 3.44. The molecular formula is C15H12Cl2O3. The molecular weight excluding hydrogens is 299 g/mol. The zero-order valence-electron chi connectivity index (χ0n) is 10.7. The lowest BCUT2D eigenvalue weighted by Gasteiger charge is -2.09. The topological polar surface area (TPSA) is 35.5 Å². The quantitative estimate of drug-likeness (QED) is 0.768. The number of aldehydes is 1. The Morgan fingerprint density at radius 1 is 1.10 bits per heavy atom. The molecule has 2 aromatic rings. The Bertz CT molecular complexity index is 627. The standard InChI is InChI=1S/C15H12Cl2O3/c1-19-15-7-12(4-3-11(15)8-18)20-9-10-2-5-13(16)14(17)6-10/h2-8H,9H2,1H3. The fraction of sp³-hybridized carbons (Fsp3) is 0.133. The molecule has 20 heavy (non-hydrogen) atoms. The number of benzene rings is 2. The van der Waals surface area contributed by atoms with Crippen LogP contribution in [0.1, 0.15) is 15.9 Å². The van der Waals surface area contributed by atoms with Crippen LogP contribution in [0.2, 0.25) is 10.0 Å². The lowest BCUT2D eigenvalue weighted by molar-refractivity contribution is 0.112. The molecule has 0 saturated carbocycles. The van der Waals surface area contributed by atoms with Crippen molar-refractivity contribution in [1.82, 2.24) is 0 Å². The summed E-state index contributed by atoms with van der Waals surface area (Å²) in [6.45, 7) is 0.348. The minimum Gasteiger partial charge on any atom is -0.496 e. The van der Waals surface area contributed by atoms with Crippen molar-refractivity contribution >= 4 is 29.5 Å². The summed E-state index contributed by atoms with van der Waals surface area (Å²) in [5.41, 5.74) is 1.38. The van der Waals surface area contributed by atoms with Gasteiger partial charge in [0.25, 0.3) is 0 Å². The minimum atomic E-state index is 0.348. The van der Waals surface area contributed by atoms with Crippen molar-refractivity contribution in [3.05, 3.63) is 57.6 Å². The van der Waals surface area contributed by atoms with Gasteiger partial charge in [0.15, 0.2) is 6.29 Å². The van der Waals surface area contributed by atoms with E-state index in [9.17, 15) is 4.79 Å². The van der Waals surface area contributed by atoms with Gasteiger partial charge in [-0.3, -0.25) is 4.79 Å². The average Bonchev–Trinajstić information content (AvgIpc) is 2.48. The maximum atomic E-state index is 10.8. The fourth-order valence-electron chi connectivity index (χ4n) is 1.67. The molecule has 0 aliphatic carbocycles. The van der Waals surface area contributed by atoms with Gasteiger partial charge in [-0.1, -0.05) is 29.3 Å². The van der Waals surface area contributed by atoms with E-state index >= 15 is 0 Å². The molecule has 2 rings (SSSR count). The molecule has 0 heterocycles. The molecule has 0 unspecified atom stereocenters. The Morgan fingerprint density at radius 3 is 2.55 bits per heavy atom. The van der Waals surface area contributed by atoms with Crippen molar-refractivity contribution in [3.63, 3.8) is 0 Å². The van der Waals surface area contributed by atoms with Crippen molar-refractivity contribution in [2.24, 2.45) is 0 Å². The highest BCUT2D eigenvalue weighted by atomic mass is 35.5. The highest BCUT2D eigenvalue weighted by Gasteiger charge is 2.05. The van der Waals surface area contributed by atoms with Crippen molar-refractivity contribution in [2.45, 2.75) is 6.61 Å². The lowest BCUT2D eigenvalue weighted by atomic mass is 10.2. The number of hydrogen-bond donors (Lipinski definition) is 0. The van der Waals surface area contributed by atoms with E-state index in [1.54, 1.807) is 30.3 Å². The number of carbonyl (C=O) groups excluding carboxylic acids is 1. The second-order valence-electron chi connectivity index (χ2n) is 4.06. The maximum absolute atomic E-state index is 10.8. The number of methoxy groups -OCH3 is 1. The van der Waals surface area contributed by atoms with Crippen LogP contribution in [-0.4, -0.2) is 13.4 Å². The first-order valence-corrected chi connectivity index (χ1v) is 6.59. The first kappa shape index (κ1) is 14.7. The van der Waals surface area contributed by atoms with E-state index in [-0.39, 0.29) is 0 Å². The van der Waals surface area contributed by atoms with Gasteiger partial charge in [0.1, 0.15) is 18.1 Å². The highest BCUT2D eigenvalue weighted by Crippen LogP contribution is 2.26. The minimum absolute atomic E-state index is 0.348. The zero-order valence-corrected chi connectivity index (χ0v) is 12.2. The van der Waals surface area contributed by atoms with Gasteiger partial charge in [-0.05, 0) is 29.8 Å². The third-order valence-electron chi connectivity index (χ3n) is 2.72. The molecule has 0 aliphatic rings. The van der Waals surface area contributed by atoms with Crippen LogP contribution >= 0.6 is 23.2 Å². The van der Waals surface area contributed by atoms with E-state index in [0.717, 1.165) is 11.8 Å². The molecule has 3 nitrogen and oxygen atoms in total. The summed E-state index contributed by atoms with van der Waals surface area (Å²) in [6.07, 6.45) is 0.738. The molecule has 5 heteroatoms. The summed E-state index contributed by atoms with van der Waals surface area (Å²) < 4.78 is 10.7. The summed E-state index contributed by atoms with van der Waals surface area (Å²) >= 11 is 11.8. The Labute approximate surface area is 127 Å². The monoisotopic (exact) mass is 310 g/mol. The van der Waals surface area contributed by atoms with Crippen LogP contribution in [0.25, 0.3) is 0 Å². The van der Waals surface area contributed by atoms with Crippen molar-refractivity contribution in [2.75, 3.05) is 7.11 Å². The van der Waals surface area contributed by atoms with E-state index in [0.29, 0.717) is 33.7 Å². The van der Waals surface area contributed by atoms with Crippen molar-refractivity contribution in [1.29, 1.82) is 0 Å². The number of hydrogen-bond acceptors (Lipinski definition) is 3. The van der Waals surface area contributed by atoms with E-state index in [1.807, 2.05) is 6.07 Å². The summed E-state index contributed by atoms with van der Waals surface area (Å²) in [6, 6.07) is 10.3. The Kier molecular flexibility index (Phi) is 4.88. The van der Waals surface area contributed by atoms with E-state index in [4.69, 9.17) is 32.7 Å². The molecule has 0 atom stereocenters. The van der Waals surface area contributed by atoms with Gasteiger partial charge >= 0.3 is 0 Å². The highest BCUT2D eigenvalue weighted by molar-refractivity contribution is 6.42. The zero-order chi connectivity index (χ0) is 14.5. The molecule has 0 spiro atoms. The third-order valence-corrected chi connectivity index (χ3v) is 3.46. The largest absolute Gasteiger partial charge is 0.496 e. The lowest BCUT2D eigenvalue weighted by Crippen LogP contribution is -1.97. The second kappa shape index (κ2) is 6.64. The smallest absolute Gasteiger partial charge is 0.153 e. The summed E-state index contributed by atoms with van der Waals surface area (Å²) in [5.74, 6) is 1.09. The molecule has 0 radical (unpaired) electrons. The van der Waals surface area contributed by atoms with Crippen molar-refractivity contribution in [3.8, 4) is 11.5 Å². The molecule has 0 N–H and O–H groups in total. The number of carbonyl (C=O) groups is 1. The van der Waals surface area contributed by atoms with E-state index < -0.39 is 0 Å². The van der Waals surface area contributed by atoms with E-state index in [1.165, 1.54) is 7.11 Å². The molecule has 104 valence electrons.